The molecule has 0 aliphatic heterocycles. The molecule has 0 saturated heterocycles. The molecule has 0 amide bonds. The number of hydrogen-bond donors (Lipinski definition) is 0. The third-order valence-corrected chi connectivity index (χ3v) is 3.66. The Balaban J connectivity index is 2.00. The number of aromatic nitrogens is 1. The normalized spacial score (nSPS) is 10.8. The van der Waals surface area contributed by atoms with E-state index in [4.69, 9.17) is 0 Å². The molecule has 1 aromatic heterocycles. The summed E-state index contributed by atoms with van der Waals surface area (Å²) < 4.78 is 1.01. The molecular weight excluding hydrogens is 312 g/mol. The number of benzene rings is 1. The fraction of sp³-hybridized carbons (Fsp3) is 0.353. The smallest absolute Gasteiger partial charge is 0.128 e. The van der Waals surface area contributed by atoms with Crippen molar-refractivity contribution in [2.45, 2.75) is 26.8 Å². The Morgan fingerprint density at radius 2 is 1.70 bits per heavy atom. The van der Waals surface area contributed by atoms with Gasteiger partial charge >= 0.3 is 0 Å². The van der Waals surface area contributed by atoms with Crippen LogP contribution in [0.15, 0.2) is 47.1 Å². The van der Waals surface area contributed by atoms with Gasteiger partial charge in [0.25, 0.3) is 0 Å². The van der Waals surface area contributed by atoms with Gasteiger partial charge in [-0.05, 0) is 51.5 Å². The van der Waals surface area contributed by atoms with E-state index in [1.807, 2.05) is 18.3 Å². The van der Waals surface area contributed by atoms with Crippen LogP contribution in [-0.2, 0) is 13.0 Å². The molecular formula is C17H21BrN2. The summed E-state index contributed by atoms with van der Waals surface area (Å²) in [6.45, 7) is 5.37. The van der Waals surface area contributed by atoms with Crippen molar-refractivity contribution in [1.29, 1.82) is 0 Å². The maximum absolute atomic E-state index is 4.41. The van der Waals surface area contributed by atoms with E-state index in [1.54, 1.807) is 0 Å². The van der Waals surface area contributed by atoms with Gasteiger partial charge in [0, 0.05) is 24.3 Å². The Kier molecular flexibility index (Phi) is 5.18. The number of nitrogens with zero attached hydrogens (tertiary/aromatic N) is 2. The summed E-state index contributed by atoms with van der Waals surface area (Å²) in [6.07, 6.45) is 2.97. The molecule has 20 heavy (non-hydrogen) atoms. The van der Waals surface area contributed by atoms with Gasteiger partial charge in [-0.15, -0.1) is 0 Å². The third-order valence-electron chi connectivity index (χ3n) is 3.19. The molecule has 3 heteroatoms. The van der Waals surface area contributed by atoms with Crippen molar-refractivity contribution >= 4 is 21.7 Å². The minimum atomic E-state index is 0.704. The number of halogens is 1. The second kappa shape index (κ2) is 6.89. The fourth-order valence-corrected chi connectivity index (χ4v) is 2.44. The third kappa shape index (κ3) is 4.34. The fourth-order valence-electron chi connectivity index (χ4n) is 2.20. The maximum atomic E-state index is 4.41. The first kappa shape index (κ1) is 15.0. The molecule has 0 saturated carbocycles. The van der Waals surface area contributed by atoms with Crippen molar-refractivity contribution in [1.82, 2.24) is 4.98 Å². The number of rotatable bonds is 5. The monoisotopic (exact) mass is 332 g/mol. The van der Waals surface area contributed by atoms with Crippen LogP contribution in [0.5, 0.6) is 0 Å². The Bertz CT molecular complexity index is 532. The lowest BCUT2D eigenvalue weighted by molar-refractivity contribution is 0.647. The predicted molar refractivity (Wildman–Crippen MR) is 89.0 cm³/mol. The Morgan fingerprint density at radius 3 is 2.25 bits per heavy atom. The molecule has 0 aliphatic carbocycles. The largest absolute Gasteiger partial charge is 0.355 e. The van der Waals surface area contributed by atoms with Gasteiger partial charge in [0.05, 0.1) is 0 Å². The van der Waals surface area contributed by atoms with Crippen molar-refractivity contribution in [2.24, 2.45) is 5.92 Å². The van der Waals surface area contributed by atoms with Gasteiger partial charge in [-0.25, -0.2) is 4.98 Å². The maximum Gasteiger partial charge on any atom is 0.128 e. The molecule has 0 fully saturated rings. The molecule has 0 spiro atoms. The van der Waals surface area contributed by atoms with Crippen LogP contribution < -0.4 is 4.90 Å². The molecule has 2 rings (SSSR count). The van der Waals surface area contributed by atoms with E-state index in [2.05, 4.69) is 71.0 Å². The highest BCUT2D eigenvalue weighted by Crippen LogP contribution is 2.16. The predicted octanol–water partition coefficient (Wildman–Crippen LogP) is 4.68. The van der Waals surface area contributed by atoms with Gasteiger partial charge in [0.1, 0.15) is 5.82 Å². The molecule has 2 nitrogen and oxygen atoms in total. The zero-order chi connectivity index (χ0) is 14.5. The average Bonchev–Trinajstić information content (AvgIpc) is 2.41. The van der Waals surface area contributed by atoms with Crippen molar-refractivity contribution in [3.63, 3.8) is 0 Å². The standard InChI is InChI=1S/C17H21BrN2/c1-13(2)10-14-4-6-15(7-5-14)12-20(3)17-9-8-16(18)11-19-17/h4-9,11,13H,10,12H2,1-3H3. The van der Waals surface area contributed by atoms with Gasteiger partial charge < -0.3 is 4.90 Å². The molecule has 0 aliphatic rings. The quantitative estimate of drug-likeness (QED) is 0.790. The molecule has 0 N–H and O–H groups in total. The Morgan fingerprint density at radius 1 is 1.05 bits per heavy atom. The van der Waals surface area contributed by atoms with E-state index >= 15 is 0 Å². The van der Waals surface area contributed by atoms with Crippen LogP contribution in [0.3, 0.4) is 0 Å². The molecule has 0 radical (unpaired) electrons. The summed E-state index contributed by atoms with van der Waals surface area (Å²) in [5, 5.41) is 0. The van der Waals surface area contributed by atoms with E-state index in [1.165, 1.54) is 11.1 Å². The van der Waals surface area contributed by atoms with E-state index in [0.717, 1.165) is 23.3 Å². The van der Waals surface area contributed by atoms with Crippen molar-refractivity contribution in [2.75, 3.05) is 11.9 Å². The summed E-state index contributed by atoms with van der Waals surface area (Å²) in [6, 6.07) is 12.9. The lowest BCUT2D eigenvalue weighted by Gasteiger charge is -2.18. The zero-order valence-corrected chi connectivity index (χ0v) is 13.9. The van der Waals surface area contributed by atoms with Gasteiger partial charge in [-0.2, -0.15) is 0 Å². The van der Waals surface area contributed by atoms with E-state index in [-0.39, 0.29) is 0 Å². The van der Waals surface area contributed by atoms with E-state index in [0.29, 0.717) is 5.92 Å². The van der Waals surface area contributed by atoms with Crippen molar-refractivity contribution in [3.8, 4) is 0 Å². The highest BCUT2D eigenvalue weighted by Gasteiger charge is 2.04. The van der Waals surface area contributed by atoms with Gasteiger partial charge in [0.15, 0.2) is 0 Å². The second-order valence-corrected chi connectivity index (χ2v) is 6.52. The van der Waals surface area contributed by atoms with Crippen LogP contribution in [0.1, 0.15) is 25.0 Å². The first-order valence-corrected chi connectivity index (χ1v) is 7.74. The van der Waals surface area contributed by atoms with E-state index in [9.17, 15) is 0 Å². The highest BCUT2D eigenvalue weighted by molar-refractivity contribution is 9.10. The number of hydrogen-bond acceptors (Lipinski definition) is 2. The SMILES string of the molecule is CC(C)Cc1ccc(CN(C)c2ccc(Br)cn2)cc1. The van der Waals surface area contributed by atoms with Crippen molar-refractivity contribution in [3.05, 3.63) is 58.2 Å². The summed E-state index contributed by atoms with van der Waals surface area (Å²) in [4.78, 5) is 6.57. The second-order valence-electron chi connectivity index (χ2n) is 5.61. The molecule has 1 heterocycles. The first-order chi connectivity index (χ1) is 9.54. The van der Waals surface area contributed by atoms with Gasteiger partial charge in [0.2, 0.25) is 0 Å². The summed E-state index contributed by atoms with van der Waals surface area (Å²) in [5.74, 6) is 1.69. The lowest BCUT2D eigenvalue weighted by atomic mass is 10.0. The molecule has 106 valence electrons. The summed E-state index contributed by atoms with van der Waals surface area (Å²) >= 11 is 3.41. The van der Waals surface area contributed by atoms with Crippen LogP contribution in [0.25, 0.3) is 0 Å². The van der Waals surface area contributed by atoms with Crippen LogP contribution >= 0.6 is 15.9 Å². The topological polar surface area (TPSA) is 16.1 Å². The highest BCUT2D eigenvalue weighted by atomic mass is 79.9. The van der Waals surface area contributed by atoms with Gasteiger partial charge in [-0.1, -0.05) is 38.1 Å². The summed E-state index contributed by atoms with van der Waals surface area (Å²) in [5.41, 5.74) is 2.72. The van der Waals surface area contributed by atoms with Crippen LogP contribution in [0, 0.1) is 5.92 Å². The number of pyridine rings is 1. The number of anilines is 1. The zero-order valence-electron chi connectivity index (χ0n) is 12.3. The Labute approximate surface area is 130 Å². The Hall–Kier alpha value is -1.35. The van der Waals surface area contributed by atoms with E-state index < -0.39 is 0 Å². The minimum Gasteiger partial charge on any atom is -0.355 e. The van der Waals surface area contributed by atoms with Crippen LogP contribution in [0.2, 0.25) is 0 Å². The molecule has 1 aromatic carbocycles. The van der Waals surface area contributed by atoms with Crippen molar-refractivity contribution < 1.29 is 0 Å². The molecule has 0 atom stereocenters. The summed E-state index contributed by atoms with van der Waals surface area (Å²) in [7, 11) is 2.07. The molecule has 0 unspecified atom stereocenters. The lowest BCUT2D eigenvalue weighted by Crippen LogP contribution is -2.17. The molecule has 0 bridgehead atoms. The van der Waals surface area contributed by atoms with Gasteiger partial charge in [-0.3, -0.25) is 0 Å². The molecule has 2 aromatic rings. The average molecular weight is 333 g/mol. The van der Waals surface area contributed by atoms with Crippen LogP contribution in [-0.4, -0.2) is 12.0 Å². The minimum absolute atomic E-state index is 0.704. The van der Waals surface area contributed by atoms with Crippen LogP contribution in [0.4, 0.5) is 5.82 Å². The first-order valence-electron chi connectivity index (χ1n) is 6.95.